The van der Waals surface area contributed by atoms with Crippen LogP contribution in [-0.2, 0) is 0 Å². The summed E-state index contributed by atoms with van der Waals surface area (Å²) in [6.07, 6.45) is 7.28. The molecule has 0 aromatic heterocycles. The Labute approximate surface area is 160 Å². The van der Waals surface area contributed by atoms with Gasteiger partial charge in [-0.15, -0.1) is 0 Å². The minimum Gasteiger partial charge on any atom is -0.445 e. The number of aryl methyl sites for hydroxylation is 1. The van der Waals surface area contributed by atoms with E-state index in [4.69, 9.17) is 17.0 Å². The largest absolute Gasteiger partial charge is 0.445 e. The SMILES string of the molecule is Cc1cccc(OC(=S)C2=C3CC=CC=C3N(C)c3ccccc32)c1C. The van der Waals surface area contributed by atoms with E-state index in [2.05, 4.69) is 74.4 Å². The molecule has 2 nitrogen and oxygen atoms in total. The van der Waals surface area contributed by atoms with Gasteiger partial charge in [0.25, 0.3) is 0 Å². The molecular weight excluding hydrogens is 338 g/mol. The molecule has 4 rings (SSSR count). The number of hydrogen-bond acceptors (Lipinski definition) is 3. The van der Waals surface area contributed by atoms with Crippen molar-refractivity contribution in [2.75, 3.05) is 11.9 Å². The lowest BCUT2D eigenvalue weighted by molar-refractivity contribution is 0.565. The second-order valence-corrected chi connectivity index (χ2v) is 7.07. The summed E-state index contributed by atoms with van der Waals surface area (Å²) in [4.78, 5) is 2.23. The van der Waals surface area contributed by atoms with Crippen molar-refractivity contribution >= 4 is 28.5 Å². The Morgan fingerprint density at radius 2 is 1.88 bits per heavy atom. The number of para-hydroxylation sites is 1. The van der Waals surface area contributed by atoms with E-state index < -0.39 is 0 Å². The van der Waals surface area contributed by atoms with Crippen LogP contribution in [0, 0.1) is 13.8 Å². The van der Waals surface area contributed by atoms with Crippen LogP contribution in [0.3, 0.4) is 0 Å². The number of thiocarbonyl (C=S) groups is 1. The number of rotatable bonds is 2. The van der Waals surface area contributed by atoms with Crippen LogP contribution in [0.2, 0.25) is 0 Å². The van der Waals surface area contributed by atoms with Crippen LogP contribution < -0.4 is 9.64 Å². The van der Waals surface area contributed by atoms with E-state index in [1.807, 2.05) is 12.1 Å². The van der Waals surface area contributed by atoms with Gasteiger partial charge in [0.1, 0.15) is 5.75 Å². The third-order valence-electron chi connectivity index (χ3n) is 5.18. The van der Waals surface area contributed by atoms with Gasteiger partial charge in [0.05, 0.1) is 0 Å². The second kappa shape index (κ2) is 6.58. The van der Waals surface area contributed by atoms with Gasteiger partial charge in [-0.25, -0.2) is 0 Å². The van der Waals surface area contributed by atoms with E-state index in [0.29, 0.717) is 5.05 Å². The first-order chi connectivity index (χ1) is 12.6. The molecule has 0 bridgehead atoms. The Bertz CT molecular complexity index is 997. The molecule has 0 saturated heterocycles. The Hall–Kier alpha value is -2.65. The summed E-state index contributed by atoms with van der Waals surface area (Å²) >= 11 is 5.79. The summed E-state index contributed by atoms with van der Waals surface area (Å²) in [5, 5.41) is 0.537. The predicted octanol–water partition coefficient (Wildman–Crippen LogP) is 5.76. The number of hydrogen-bond donors (Lipinski definition) is 0. The highest BCUT2D eigenvalue weighted by atomic mass is 32.1. The fourth-order valence-corrected chi connectivity index (χ4v) is 3.91. The van der Waals surface area contributed by atoms with E-state index in [0.717, 1.165) is 34.6 Å². The number of allylic oxidation sites excluding steroid dienone is 4. The minimum atomic E-state index is 0.537. The second-order valence-electron chi connectivity index (χ2n) is 6.70. The smallest absolute Gasteiger partial charge is 0.199 e. The van der Waals surface area contributed by atoms with E-state index in [-0.39, 0.29) is 0 Å². The maximum absolute atomic E-state index is 6.21. The Morgan fingerprint density at radius 1 is 1.08 bits per heavy atom. The molecule has 0 saturated carbocycles. The topological polar surface area (TPSA) is 12.5 Å². The molecule has 26 heavy (non-hydrogen) atoms. The standard InChI is InChI=1S/C23H21NOS/c1-15-9-8-14-21(16(15)2)25-23(26)22-17-10-4-6-12-19(17)24(3)20-13-7-5-11-18(20)22/h4-10,12-14H,11H2,1-3H3. The van der Waals surface area contributed by atoms with Gasteiger partial charge in [-0.3, -0.25) is 0 Å². The van der Waals surface area contributed by atoms with E-state index >= 15 is 0 Å². The molecule has 2 aromatic rings. The number of likely N-dealkylation sites (N-methyl/N-ethyl adjacent to an activating group) is 1. The molecule has 0 fully saturated rings. The first-order valence-electron chi connectivity index (χ1n) is 8.80. The number of anilines is 1. The molecule has 1 heterocycles. The monoisotopic (exact) mass is 359 g/mol. The third kappa shape index (κ3) is 2.69. The van der Waals surface area contributed by atoms with E-state index in [1.54, 1.807) is 0 Å². The average molecular weight is 359 g/mol. The van der Waals surface area contributed by atoms with Crippen molar-refractivity contribution in [2.24, 2.45) is 0 Å². The molecule has 0 spiro atoms. The molecule has 3 heteroatoms. The Balaban J connectivity index is 1.83. The Kier molecular flexibility index (Phi) is 4.25. The van der Waals surface area contributed by atoms with Gasteiger partial charge in [-0.05, 0) is 67.4 Å². The van der Waals surface area contributed by atoms with Crippen molar-refractivity contribution in [1.29, 1.82) is 0 Å². The molecule has 0 N–H and O–H groups in total. The van der Waals surface area contributed by atoms with Crippen molar-refractivity contribution in [2.45, 2.75) is 20.3 Å². The molecule has 1 aliphatic carbocycles. The van der Waals surface area contributed by atoms with Crippen LogP contribution in [-0.4, -0.2) is 12.1 Å². The maximum Gasteiger partial charge on any atom is 0.199 e. The first-order valence-corrected chi connectivity index (χ1v) is 9.20. The summed E-state index contributed by atoms with van der Waals surface area (Å²) in [5.41, 5.74) is 8.06. The average Bonchev–Trinajstić information content (AvgIpc) is 2.66. The highest BCUT2D eigenvalue weighted by Crippen LogP contribution is 2.43. The van der Waals surface area contributed by atoms with Gasteiger partial charge in [0.2, 0.25) is 0 Å². The van der Waals surface area contributed by atoms with Gasteiger partial charge in [-0.1, -0.05) is 42.5 Å². The first kappa shape index (κ1) is 16.8. The molecule has 0 atom stereocenters. The molecule has 0 radical (unpaired) electrons. The molecule has 2 aliphatic rings. The molecule has 0 unspecified atom stereocenters. The van der Waals surface area contributed by atoms with Crippen LogP contribution in [0.25, 0.3) is 5.57 Å². The normalized spacial score (nSPS) is 15.3. The minimum absolute atomic E-state index is 0.537. The zero-order chi connectivity index (χ0) is 18.3. The van der Waals surface area contributed by atoms with Crippen molar-refractivity contribution in [3.8, 4) is 5.75 Å². The quantitative estimate of drug-likeness (QED) is 0.633. The van der Waals surface area contributed by atoms with Crippen LogP contribution in [0.4, 0.5) is 5.69 Å². The molecule has 0 amide bonds. The molecule has 130 valence electrons. The molecular formula is C23H21NOS. The number of fused-ring (bicyclic) bond motifs is 2. The predicted molar refractivity (Wildman–Crippen MR) is 113 cm³/mol. The lowest BCUT2D eigenvalue weighted by atomic mass is 9.88. The lowest BCUT2D eigenvalue weighted by Gasteiger charge is -2.35. The van der Waals surface area contributed by atoms with Crippen LogP contribution in [0.1, 0.15) is 23.1 Å². The van der Waals surface area contributed by atoms with E-state index in [1.165, 1.54) is 16.8 Å². The maximum atomic E-state index is 6.21. The van der Waals surface area contributed by atoms with Gasteiger partial charge in [-0.2, -0.15) is 0 Å². The van der Waals surface area contributed by atoms with Gasteiger partial charge in [0.15, 0.2) is 5.05 Å². The summed E-state index contributed by atoms with van der Waals surface area (Å²) < 4.78 is 6.21. The van der Waals surface area contributed by atoms with Gasteiger partial charge >= 0.3 is 0 Å². The van der Waals surface area contributed by atoms with Gasteiger partial charge < -0.3 is 9.64 Å². The molecule has 2 aromatic carbocycles. The number of benzene rings is 2. The van der Waals surface area contributed by atoms with Crippen LogP contribution >= 0.6 is 12.2 Å². The summed E-state index contributed by atoms with van der Waals surface area (Å²) in [6, 6.07) is 14.5. The highest BCUT2D eigenvalue weighted by molar-refractivity contribution is 7.81. The summed E-state index contributed by atoms with van der Waals surface area (Å²) in [5.74, 6) is 0.830. The summed E-state index contributed by atoms with van der Waals surface area (Å²) in [7, 11) is 2.11. The highest BCUT2D eigenvalue weighted by Gasteiger charge is 2.29. The lowest BCUT2D eigenvalue weighted by Crippen LogP contribution is -2.27. The van der Waals surface area contributed by atoms with E-state index in [9.17, 15) is 0 Å². The zero-order valence-corrected chi connectivity index (χ0v) is 16.1. The zero-order valence-electron chi connectivity index (χ0n) is 15.2. The van der Waals surface area contributed by atoms with Crippen molar-refractivity contribution < 1.29 is 4.74 Å². The van der Waals surface area contributed by atoms with Crippen molar-refractivity contribution in [3.63, 3.8) is 0 Å². The number of nitrogens with zero attached hydrogens (tertiary/aromatic N) is 1. The van der Waals surface area contributed by atoms with Gasteiger partial charge in [0, 0.05) is 29.6 Å². The van der Waals surface area contributed by atoms with Crippen LogP contribution in [0.15, 0.2) is 72.0 Å². The number of ether oxygens (including phenoxy) is 1. The third-order valence-corrected chi connectivity index (χ3v) is 5.47. The van der Waals surface area contributed by atoms with Crippen molar-refractivity contribution in [3.05, 3.63) is 88.7 Å². The fourth-order valence-electron chi connectivity index (χ4n) is 3.58. The molecule has 1 aliphatic heterocycles. The summed E-state index contributed by atoms with van der Waals surface area (Å²) in [6.45, 7) is 4.16. The van der Waals surface area contributed by atoms with Crippen molar-refractivity contribution in [1.82, 2.24) is 0 Å². The van der Waals surface area contributed by atoms with Crippen LogP contribution in [0.5, 0.6) is 5.75 Å². The fraction of sp³-hybridized carbons (Fsp3) is 0.174. The Morgan fingerprint density at radius 3 is 2.73 bits per heavy atom.